The minimum Gasteiger partial charge on any atom is -0.350 e. The average molecular weight is 427 g/mol. The molecule has 9 nitrogen and oxygen atoms in total. The molecule has 1 aromatic carbocycles. The second-order valence-electron chi connectivity index (χ2n) is 8.44. The van der Waals surface area contributed by atoms with Crippen LogP contribution in [0, 0.1) is 6.92 Å². The van der Waals surface area contributed by atoms with Crippen LogP contribution in [0.15, 0.2) is 30.3 Å². The number of rotatable bonds is 7. The molecule has 1 aliphatic heterocycles. The summed E-state index contributed by atoms with van der Waals surface area (Å²) in [7, 11) is 5.43. The number of aryl methyl sites for hydroxylation is 1. The number of fused-ring (bicyclic) bond motifs is 1. The summed E-state index contributed by atoms with van der Waals surface area (Å²) in [5.41, 5.74) is 1.46. The van der Waals surface area contributed by atoms with E-state index in [-0.39, 0.29) is 30.0 Å². The van der Waals surface area contributed by atoms with E-state index in [1.165, 1.54) is 15.6 Å². The highest BCUT2D eigenvalue weighted by Crippen LogP contribution is 2.26. The first-order valence-corrected chi connectivity index (χ1v) is 10.2. The van der Waals surface area contributed by atoms with E-state index >= 15 is 0 Å². The van der Waals surface area contributed by atoms with Gasteiger partial charge in [0.05, 0.1) is 6.54 Å². The molecule has 31 heavy (non-hydrogen) atoms. The Balaban J connectivity index is 1.72. The fourth-order valence-corrected chi connectivity index (χ4v) is 3.40. The fraction of sp³-hybridized carbons (Fsp3) is 0.455. The summed E-state index contributed by atoms with van der Waals surface area (Å²) >= 11 is 0. The fourth-order valence-electron chi connectivity index (χ4n) is 3.40. The molecule has 0 saturated heterocycles. The van der Waals surface area contributed by atoms with Gasteiger partial charge in [0.1, 0.15) is 11.2 Å². The van der Waals surface area contributed by atoms with Crippen LogP contribution >= 0.6 is 0 Å². The summed E-state index contributed by atoms with van der Waals surface area (Å²) in [4.78, 5) is 41.8. The van der Waals surface area contributed by atoms with E-state index in [0.717, 1.165) is 11.1 Å². The lowest BCUT2D eigenvalue weighted by Gasteiger charge is -2.40. The Morgan fingerprint density at radius 1 is 1.19 bits per heavy atom. The van der Waals surface area contributed by atoms with E-state index in [2.05, 4.69) is 15.7 Å². The Labute approximate surface area is 182 Å². The number of amides is 3. The first kappa shape index (κ1) is 22.5. The molecular weight excluding hydrogens is 396 g/mol. The van der Waals surface area contributed by atoms with Crippen LogP contribution in [0.5, 0.6) is 0 Å². The zero-order valence-electron chi connectivity index (χ0n) is 18.7. The van der Waals surface area contributed by atoms with Gasteiger partial charge in [0, 0.05) is 32.7 Å². The molecule has 0 radical (unpaired) electrons. The predicted octanol–water partition coefficient (Wildman–Crippen LogP) is 0.644. The molecule has 0 bridgehead atoms. The van der Waals surface area contributed by atoms with Gasteiger partial charge in [-0.2, -0.15) is 5.10 Å². The maximum Gasteiger partial charge on any atom is 0.272 e. The molecule has 166 valence electrons. The Hall–Kier alpha value is -3.20. The van der Waals surface area contributed by atoms with Gasteiger partial charge in [-0.1, -0.05) is 29.8 Å². The number of nitrogens with one attached hydrogen (secondary N) is 2. The van der Waals surface area contributed by atoms with Crippen molar-refractivity contribution in [1.29, 1.82) is 0 Å². The SMILES string of the molecule is Cc1ccc(CNC(=O)[C@@]2(C)Cn3nc(C(=O)NCCN(C)C)cc3C(=O)N2C)cc1. The molecule has 3 amide bonds. The largest absolute Gasteiger partial charge is 0.350 e. The number of benzene rings is 1. The number of hydrogen-bond donors (Lipinski definition) is 2. The van der Waals surface area contributed by atoms with Crippen molar-refractivity contribution in [2.24, 2.45) is 0 Å². The first-order valence-electron chi connectivity index (χ1n) is 10.2. The lowest BCUT2D eigenvalue weighted by atomic mass is 9.95. The Morgan fingerprint density at radius 3 is 2.52 bits per heavy atom. The quantitative estimate of drug-likeness (QED) is 0.677. The molecule has 0 saturated carbocycles. The average Bonchev–Trinajstić information content (AvgIpc) is 3.15. The summed E-state index contributed by atoms with van der Waals surface area (Å²) in [6.07, 6.45) is 0. The maximum atomic E-state index is 13.0. The maximum absolute atomic E-state index is 13.0. The standard InChI is InChI=1S/C22H30N6O3/c1-15-6-8-16(9-7-15)13-24-21(31)22(2)14-28-18(20(30)27(22)5)12-17(25-28)19(29)23-10-11-26(3)4/h6-9,12H,10-11,13-14H2,1-5H3,(H,23,29)(H,24,31)/t22-/m1/s1. The topological polar surface area (TPSA) is 99.6 Å². The monoisotopic (exact) mass is 426 g/mol. The van der Waals surface area contributed by atoms with E-state index in [0.29, 0.717) is 25.3 Å². The van der Waals surface area contributed by atoms with E-state index in [9.17, 15) is 14.4 Å². The molecule has 2 N–H and O–H groups in total. The van der Waals surface area contributed by atoms with Gasteiger partial charge in [0.15, 0.2) is 5.69 Å². The minimum atomic E-state index is -1.13. The predicted molar refractivity (Wildman–Crippen MR) is 117 cm³/mol. The van der Waals surface area contributed by atoms with Gasteiger partial charge in [0.25, 0.3) is 11.8 Å². The number of aromatic nitrogens is 2. The minimum absolute atomic E-state index is 0.162. The van der Waals surface area contributed by atoms with Crippen molar-refractivity contribution in [3.05, 3.63) is 52.8 Å². The summed E-state index contributed by atoms with van der Waals surface area (Å²) in [5.74, 6) is -0.967. The van der Waals surface area contributed by atoms with Crippen molar-refractivity contribution >= 4 is 17.7 Å². The zero-order chi connectivity index (χ0) is 22.8. The number of likely N-dealkylation sites (N-methyl/N-ethyl adjacent to an activating group) is 2. The van der Waals surface area contributed by atoms with Crippen LogP contribution in [0.1, 0.15) is 39.0 Å². The van der Waals surface area contributed by atoms with E-state index in [1.807, 2.05) is 50.2 Å². The molecule has 1 aromatic heterocycles. The zero-order valence-corrected chi connectivity index (χ0v) is 18.7. The van der Waals surface area contributed by atoms with E-state index in [4.69, 9.17) is 0 Å². The third-order valence-corrected chi connectivity index (χ3v) is 5.64. The molecule has 2 aromatic rings. The van der Waals surface area contributed by atoms with Crippen LogP contribution in [0.25, 0.3) is 0 Å². The summed E-state index contributed by atoms with van der Waals surface area (Å²) in [6, 6.07) is 9.37. The highest BCUT2D eigenvalue weighted by molar-refractivity contribution is 6.01. The third kappa shape index (κ3) is 4.77. The van der Waals surface area contributed by atoms with Crippen LogP contribution in [0.2, 0.25) is 0 Å². The normalized spacial score (nSPS) is 18.1. The molecule has 1 aliphatic rings. The van der Waals surface area contributed by atoms with Gasteiger partial charge in [-0.25, -0.2) is 0 Å². The molecule has 0 unspecified atom stereocenters. The van der Waals surface area contributed by atoms with Crippen molar-refractivity contribution in [2.45, 2.75) is 32.5 Å². The van der Waals surface area contributed by atoms with Crippen LogP contribution in [-0.4, -0.2) is 77.1 Å². The second kappa shape index (κ2) is 8.89. The molecule has 9 heteroatoms. The van der Waals surface area contributed by atoms with Gasteiger partial charge >= 0.3 is 0 Å². The van der Waals surface area contributed by atoms with E-state index < -0.39 is 5.54 Å². The van der Waals surface area contributed by atoms with Crippen molar-refractivity contribution in [3.8, 4) is 0 Å². The van der Waals surface area contributed by atoms with Gasteiger partial charge in [-0.3, -0.25) is 19.1 Å². The molecule has 0 aliphatic carbocycles. The van der Waals surface area contributed by atoms with E-state index in [1.54, 1.807) is 14.0 Å². The van der Waals surface area contributed by atoms with Crippen LogP contribution < -0.4 is 10.6 Å². The van der Waals surface area contributed by atoms with Gasteiger partial charge in [-0.05, 0) is 33.5 Å². The molecule has 3 rings (SSSR count). The van der Waals surface area contributed by atoms with Gasteiger partial charge in [-0.15, -0.1) is 0 Å². The molecule has 0 spiro atoms. The molecular formula is C22H30N6O3. The third-order valence-electron chi connectivity index (χ3n) is 5.64. The molecule has 1 atom stereocenters. The summed E-state index contributed by atoms with van der Waals surface area (Å²) in [6.45, 7) is 5.40. The number of carbonyl (C=O) groups is 3. The van der Waals surface area contributed by atoms with Crippen LogP contribution in [-0.2, 0) is 17.9 Å². The van der Waals surface area contributed by atoms with Gasteiger partial charge in [0.2, 0.25) is 5.91 Å². The number of nitrogens with zero attached hydrogens (tertiary/aromatic N) is 4. The smallest absolute Gasteiger partial charge is 0.272 e. The Bertz CT molecular complexity index is 982. The van der Waals surface area contributed by atoms with Crippen LogP contribution in [0.3, 0.4) is 0 Å². The summed E-state index contributed by atoms with van der Waals surface area (Å²) < 4.78 is 1.45. The van der Waals surface area contributed by atoms with Crippen LogP contribution in [0.4, 0.5) is 0 Å². The lowest BCUT2D eigenvalue weighted by Crippen LogP contribution is -2.62. The Morgan fingerprint density at radius 2 is 1.87 bits per heavy atom. The van der Waals surface area contributed by atoms with Crippen molar-refractivity contribution in [1.82, 2.24) is 30.2 Å². The first-order chi connectivity index (χ1) is 14.6. The highest BCUT2D eigenvalue weighted by Gasteiger charge is 2.46. The highest BCUT2D eigenvalue weighted by atomic mass is 16.2. The number of hydrogen-bond acceptors (Lipinski definition) is 5. The lowest BCUT2D eigenvalue weighted by molar-refractivity contribution is -0.132. The summed E-state index contributed by atoms with van der Waals surface area (Å²) in [5, 5.41) is 10.0. The molecule has 2 heterocycles. The van der Waals surface area contributed by atoms with Crippen molar-refractivity contribution in [2.75, 3.05) is 34.2 Å². The number of carbonyl (C=O) groups excluding carboxylic acids is 3. The van der Waals surface area contributed by atoms with Crippen molar-refractivity contribution < 1.29 is 14.4 Å². The second-order valence-corrected chi connectivity index (χ2v) is 8.44. The van der Waals surface area contributed by atoms with Crippen molar-refractivity contribution in [3.63, 3.8) is 0 Å². The Kier molecular flexibility index (Phi) is 6.45. The molecule has 0 fully saturated rings. The van der Waals surface area contributed by atoms with Gasteiger partial charge < -0.3 is 20.4 Å².